The molecule has 1 aliphatic heterocycles. The van der Waals surface area contributed by atoms with E-state index in [-0.39, 0.29) is 11.3 Å². The van der Waals surface area contributed by atoms with E-state index in [2.05, 4.69) is 6.92 Å². The minimum Gasteiger partial charge on any atom is -0.507 e. The molecule has 1 N–H and O–H groups in total. The van der Waals surface area contributed by atoms with Crippen LogP contribution in [0.1, 0.15) is 49.8 Å². The molecule has 0 unspecified atom stereocenters. The molecule has 1 aliphatic rings. The van der Waals surface area contributed by atoms with Crippen molar-refractivity contribution >= 4 is 17.4 Å². The molecule has 0 aromatic heterocycles. The Morgan fingerprint density at radius 2 is 1.68 bits per heavy atom. The lowest BCUT2D eigenvalue weighted by Crippen LogP contribution is -2.30. The van der Waals surface area contributed by atoms with Gasteiger partial charge >= 0.3 is 0 Å². The second-order valence-corrected chi connectivity index (χ2v) is 7.53. The number of unbranched alkanes of at least 4 members (excludes halogenated alkanes) is 3. The van der Waals surface area contributed by atoms with Gasteiger partial charge < -0.3 is 19.5 Å². The number of hydrogen-bond acceptors (Lipinski definition) is 5. The van der Waals surface area contributed by atoms with Gasteiger partial charge in [-0.2, -0.15) is 0 Å². The van der Waals surface area contributed by atoms with Crippen LogP contribution in [-0.2, 0) is 9.59 Å². The summed E-state index contributed by atoms with van der Waals surface area (Å²) in [6, 6.07) is 13.4. The van der Waals surface area contributed by atoms with Crippen molar-refractivity contribution in [1.82, 2.24) is 4.90 Å². The molecule has 0 radical (unpaired) electrons. The second kappa shape index (κ2) is 10.2. The van der Waals surface area contributed by atoms with Crippen molar-refractivity contribution in [1.29, 1.82) is 0 Å². The Morgan fingerprint density at radius 1 is 0.968 bits per heavy atom. The average molecular weight is 424 g/mol. The molecule has 0 aliphatic carbocycles. The van der Waals surface area contributed by atoms with Gasteiger partial charge in [-0.1, -0.05) is 62.6 Å². The third kappa shape index (κ3) is 4.58. The summed E-state index contributed by atoms with van der Waals surface area (Å²) in [6.07, 6.45) is 3.90. The highest BCUT2D eigenvalue weighted by atomic mass is 16.5. The zero-order valence-corrected chi connectivity index (χ0v) is 18.3. The molecule has 6 heteroatoms. The molecular formula is C25H29NO5. The van der Waals surface area contributed by atoms with Gasteiger partial charge in [-0.25, -0.2) is 0 Å². The normalized spacial score (nSPS) is 17.8. The van der Waals surface area contributed by atoms with Gasteiger partial charge in [0.05, 0.1) is 25.8 Å². The van der Waals surface area contributed by atoms with Crippen molar-refractivity contribution in [2.75, 3.05) is 20.8 Å². The minimum atomic E-state index is -0.693. The van der Waals surface area contributed by atoms with E-state index in [1.54, 1.807) is 54.5 Å². The molecular weight excluding hydrogens is 394 g/mol. The number of aliphatic hydroxyl groups is 1. The minimum absolute atomic E-state index is 0.0962. The Morgan fingerprint density at radius 3 is 2.32 bits per heavy atom. The lowest BCUT2D eigenvalue weighted by Gasteiger charge is -2.26. The Labute approximate surface area is 183 Å². The highest BCUT2D eigenvalue weighted by molar-refractivity contribution is 6.46. The van der Waals surface area contributed by atoms with Gasteiger partial charge in [0, 0.05) is 12.1 Å². The van der Waals surface area contributed by atoms with Crippen molar-refractivity contribution in [2.24, 2.45) is 0 Å². The summed E-state index contributed by atoms with van der Waals surface area (Å²) in [6.45, 7) is 2.56. The fourth-order valence-electron chi connectivity index (χ4n) is 3.94. The highest BCUT2D eigenvalue weighted by Gasteiger charge is 2.46. The quantitative estimate of drug-likeness (QED) is 0.274. The number of amides is 1. The number of rotatable bonds is 9. The van der Waals surface area contributed by atoms with Gasteiger partial charge in [0.25, 0.3) is 11.7 Å². The van der Waals surface area contributed by atoms with Crippen LogP contribution in [0.3, 0.4) is 0 Å². The van der Waals surface area contributed by atoms with E-state index in [0.29, 0.717) is 29.2 Å². The van der Waals surface area contributed by atoms with Crippen LogP contribution in [0.15, 0.2) is 54.1 Å². The molecule has 1 atom stereocenters. The van der Waals surface area contributed by atoms with Gasteiger partial charge in [0.1, 0.15) is 5.76 Å². The first kappa shape index (κ1) is 22.4. The van der Waals surface area contributed by atoms with Gasteiger partial charge in [-0.3, -0.25) is 9.59 Å². The Hall–Kier alpha value is -3.28. The predicted octanol–water partition coefficient (Wildman–Crippen LogP) is 4.71. The number of nitrogens with zero attached hydrogens (tertiary/aromatic N) is 1. The lowest BCUT2D eigenvalue weighted by atomic mass is 9.95. The van der Waals surface area contributed by atoms with E-state index in [0.717, 1.165) is 25.7 Å². The number of aliphatic hydroxyl groups excluding tert-OH is 1. The monoisotopic (exact) mass is 423 g/mol. The highest BCUT2D eigenvalue weighted by Crippen LogP contribution is 2.42. The van der Waals surface area contributed by atoms with E-state index in [9.17, 15) is 14.7 Å². The van der Waals surface area contributed by atoms with Gasteiger partial charge in [0.2, 0.25) is 0 Å². The number of ether oxygens (including phenoxy) is 2. The van der Waals surface area contributed by atoms with E-state index in [1.807, 2.05) is 6.07 Å². The van der Waals surface area contributed by atoms with Crippen LogP contribution in [0.25, 0.3) is 5.76 Å². The van der Waals surface area contributed by atoms with Crippen molar-refractivity contribution in [3.63, 3.8) is 0 Å². The first-order valence-electron chi connectivity index (χ1n) is 10.6. The smallest absolute Gasteiger partial charge is 0.295 e. The number of hydrogen-bond donors (Lipinski definition) is 1. The first-order chi connectivity index (χ1) is 15.0. The Bertz CT molecular complexity index is 967. The second-order valence-electron chi connectivity index (χ2n) is 7.53. The first-order valence-corrected chi connectivity index (χ1v) is 10.6. The maximum absolute atomic E-state index is 13.0. The van der Waals surface area contributed by atoms with Crippen molar-refractivity contribution < 1.29 is 24.2 Å². The zero-order chi connectivity index (χ0) is 22.4. The number of methoxy groups -OCH3 is 2. The van der Waals surface area contributed by atoms with Crippen molar-refractivity contribution in [3.05, 3.63) is 65.2 Å². The third-order valence-electron chi connectivity index (χ3n) is 5.56. The molecule has 1 fully saturated rings. The molecule has 3 rings (SSSR count). The summed E-state index contributed by atoms with van der Waals surface area (Å²) in [4.78, 5) is 27.5. The Balaban J connectivity index is 2.10. The summed E-state index contributed by atoms with van der Waals surface area (Å²) in [5.74, 6) is -0.384. The molecule has 6 nitrogen and oxygen atoms in total. The van der Waals surface area contributed by atoms with Gasteiger partial charge in [-0.05, 0) is 24.1 Å². The number of Topliss-reactive ketones (excluding diaryl/α,β-unsaturated/α-hetero) is 1. The fraction of sp³-hybridized carbons (Fsp3) is 0.360. The summed E-state index contributed by atoms with van der Waals surface area (Å²) >= 11 is 0. The lowest BCUT2D eigenvalue weighted by molar-refractivity contribution is -0.139. The average Bonchev–Trinajstić information content (AvgIpc) is 3.06. The SMILES string of the molecule is CCCCCCN1C(=O)C(=O)/C(=C(/O)c2ccccc2)[C@H]1c1ccc(OC)c(OC)c1. The van der Waals surface area contributed by atoms with Crippen LogP contribution in [0.2, 0.25) is 0 Å². The largest absolute Gasteiger partial charge is 0.507 e. The maximum atomic E-state index is 13.0. The molecule has 164 valence electrons. The molecule has 31 heavy (non-hydrogen) atoms. The summed E-state index contributed by atoms with van der Waals surface area (Å²) < 4.78 is 10.8. The molecule has 2 aromatic carbocycles. The molecule has 1 heterocycles. The van der Waals surface area contributed by atoms with Crippen molar-refractivity contribution in [3.8, 4) is 11.5 Å². The van der Waals surface area contributed by atoms with Crippen LogP contribution in [0, 0.1) is 0 Å². The van der Waals surface area contributed by atoms with Crippen LogP contribution in [-0.4, -0.2) is 42.5 Å². The number of likely N-dealkylation sites (tertiary alicyclic amines) is 1. The fourth-order valence-corrected chi connectivity index (χ4v) is 3.94. The predicted molar refractivity (Wildman–Crippen MR) is 119 cm³/mol. The van der Waals surface area contributed by atoms with Crippen LogP contribution >= 0.6 is 0 Å². The van der Waals surface area contributed by atoms with E-state index in [4.69, 9.17) is 9.47 Å². The van der Waals surface area contributed by atoms with Crippen molar-refractivity contribution in [2.45, 2.75) is 38.6 Å². The standard InChI is InChI=1S/C25H29NO5/c1-4-5-6-10-15-26-22(18-13-14-19(30-2)20(16-18)31-3)21(24(28)25(26)29)23(27)17-11-8-7-9-12-17/h7-9,11-14,16,22,27H,4-6,10,15H2,1-3H3/b23-21+/t22-/m1/s1. The van der Waals surface area contributed by atoms with Crippen LogP contribution < -0.4 is 9.47 Å². The Kier molecular flexibility index (Phi) is 7.34. The zero-order valence-electron chi connectivity index (χ0n) is 18.3. The summed E-state index contributed by atoms with van der Waals surface area (Å²) in [7, 11) is 3.08. The molecule has 0 saturated carbocycles. The van der Waals surface area contributed by atoms with E-state index < -0.39 is 17.7 Å². The summed E-state index contributed by atoms with van der Waals surface area (Å²) in [5, 5.41) is 11.0. The molecule has 1 saturated heterocycles. The van der Waals surface area contributed by atoms with Gasteiger partial charge in [-0.15, -0.1) is 0 Å². The number of ketones is 1. The van der Waals surface area contributed by atoms with Crippen LogP contribution in [0.4, 0.5) is 0 Å². The number of carbonyl (C=O) groups is 2. The van der Waals surface area contributed by atoms with E-state index in [1.165, 1.54) is 7.11 Å². The topological polar surface area (TPSA) is 76.1 Å². The molecule has 0 bridgehead atoms. The van der Waals surface area contributed by atoms with Crippen LogP contribution in [0.5, 0.6) is 11.5 Å². The maximum Gasteiger partial charge on any atom is 0.295 e. The molecule has 2 aromatic rings. The summed E-state index contributed by atoms with van der Waals surface area (Å²) in [5.41, 5.74) is 1.28. The number of benzene rings is 2. The van der Waals surface area contributed by atoms with E-state index >= 15 is 0 Å². The third-order valence-corrected chi connectivity index (χ3v) is 5.56. The number of carbonyl (C=O) groups excluding carboxylic acids is 2. The molecule has 0 spiro atoms. The molecule has 1 amide bonds. The van der Waals surface area contributed by atoms with Gasteiger partial charge in [0.15, 0.2) is 11.5 Å².